The molecule has 0 saturated heterocycles. The Bertz CT molecular complexity index is 644. The van der Waals surface area contributed by atoms with Crippen LogP contribution in [0.15, 0.2) is 42.9 Å². The van der Waals surface area contributed by atoms with Crippen molar-refractivity contribution in [1.82, 2.24) is 19.6 Å². The first-order chi connectivity index (χ1) is 8.38. The van der Waals surface area contributed by atoms with Crippen LogP contribution in [0.3, 0.4) is 0 Å². The lowest BCUT2D eigenvalue weighted by atomic mass is 10.1. The quantitative estimate of drug-likeness (QED) is 0.712. The molecule has 0 atom stereocenters. The first-order valence-corrected chi connectivity index (χ1v) is 5.33. The molecule has 0 bridgehead atoms. The summed E-state index contributed by atoms with van der Waals surface area (Å²) in [4.78, 5) is 8.48. The van der Waals surface area contributed by atoms with E-state index >= 15 is 0 Å². The molecule has 0 unspecified atom stereocenters. The summed E-state index contributed by atoms with van der Waals surface area (Å²) >= 11 is 0. The fourth-order valence-corrected chi connectivity index (χ4v) is 1.77. The predicted molar refractivity (Wildman–Crippen MR) is 64.1 cm³/mol. The van der Waals surface area contributed by atoms with E-state index in [0.717, 1.165) is 22.6 Å². The minimum Gasteiger partial charge on any atom is -0.326 e. The summed E-state index contributed by atoms with van der Waals surface area (Å²) < 4.78 is 1.73. The van der Waals surface area contributed by atoms with Crippen LogP contribution in [0.2, 0.25) is 0 Å². The van der Waals surface area contributed by atoms with Gasteiger partial charge < -0.3 is 5.73 Å². The monoisotopic (exact) mass is 225 g/mol. The number of nitrogens with zero attached hydrogens (tertiary/aromatic N) is 4. The van der Waals surface area contributed by atoms with Gasteiger partial charge in [0.2, 0.25) is 0 Å². The zero-order valence-corrected chi connectivity index (χ0v) is 9.11. The maximum absolute atomic E-state index is 5.74. The van der Waals surface area contributed by atoms with Gasteiger partial charge in [0.25, 0.3) is 0 Å². The summed E-state index contributed by atoms with van der Waals surface area (Å²) in [5.74, 6) is 0. The smallest absolute Gasteiger partial charge is 0.153 e. The van der Waals surface area contributed by atoms with Gasteiger partial charge in [0.15, 0.2) is 5.65 Å². The first kappa shape index (κ1) is 9.92. The lowest BCUT2D eigenvalue weighted by Crippen LogP contribution is -2.05. The Kier molecular flexibility index (Phi) is 2.31. The van der Waals surface area contributed by atoms with Gasteiger partial charge in [0.1, 0.15) is 5.69 Å². The second-order valence-corrected chi connectivity index (χ2v) is 3.67. The van der Waals surface area contributed by atoms with E-state index in [1.807, 2.05) is 30.5 Å². The number of nitrogens with two attached hydrogens (primary N) is 1. The minimum atomic E-state index is 0.419. The lowest BCUT2D eigenvalue weighted by molar-refractivity contribution is 0.909. The number of hydrogen-bond donors (Lipinski definition) is 1. The molecule has 0 fully saturated rings. The van der Waals surface area contributed by atoms with E-state index < -0.39 is 0 Å². The fourth-order valence-electron chi connectivity index (χ4n) is 1.77. The van der Waals surface area contributed by atoms with Crippen LogP contribution in [0.25, 0.3) is 17.0 Å². The van der Waals surface area contributed by atoms with Gasteiger partial charge in [-0.15, -0.1) is 0 Å². The summed E-state index contributed by atoms with van der Waals surface area (Å²) in [5, 5.41) is 4.49. The van der Waals surface area contributed by atoms with Crippen molar-refractivity contribution in [3.8, 4) is 11.4 Å². The second-order valence-electron chi connectivity index (χ2n) is 3.67. The van der Waals surface area contributed by atoms with Gasteiger partial charge in [-0.1, -0.05) is 6.07 Å². The van der Waals surface area contributed by atoms with Gasteiger partial charge in [0, 0.05) is 25.1 Å². The standard InChI is InChI=1S/C12H11N5/c13-8-9-7-11-15-5-6-17(11)16-12(9)10-3-1-2-4-14-10/h1-7H,8,13H2. The predicted octanol–water partition coefficient (Wildman–Crippen LogP) is 1.25. The van der Waals surface area contributed by atoms with Crippen molar-refractivity contribution in [2.75, 3.05) is 0 Å². The summed E-state index contributed by atoms with van der Waals surface area (Å²) in [6.07, 6.45) is 5.27. The van der Waals surface area contributed by atoms with E-state index in [2.05, 4.69) is 15.1 Å². The van der Waals surface area contributed by atoms with Crippen LogP contribution >= 0.6 is 0 Å². The molecule has 5 nitrogen and oxygen atoms in total. The molecule has 5 heteroatoms. The summed E-state index contributed by atoms with van der Waals surface area (Å²) in [5.41, 5.74) is 9.11. The molecule has 0 spiro atoms. The van der Waals surface area contributed by atoms with E-state index in [-0.39, 0.29) is 0 Å². The average molecular weight is 225 g/mol. The largest absolute Gasteiger partial charge is 0.326 e. The zero-order valence-electron chi connectivity index (χ0n) is 9.11. The number of aromatic nitrogens is 4. The van der Waals surface area contributed by atoms with Gasteiger partial charge in [-0.3, -0.25) is 4.98 Å². The zero-order chi connectivity index (χ0) is 11.7. The fraction of sp³-hybridized carbons (Fsp3) is 0.0833. The number of imidazole rings is 1. The van der Waals surface area contributed by atoms with Gasteiger partial charge in [-0.25, -0.2) is 9.50 Å². The van der Waals surface area contributed by atoms with E-state index in [1.54, 1.807) is 16.9 Å². The molecule has 0 radical (unpaired) electrons. The first-order valence-electron chi connectivity index (χ1n) is 5.33. The topological polar surface area (TPSA) is 69.1 Å². The van der Waals surface area contributed by atoms with Crippen molar-refractivity contribution < 1.29 is 0 Å². The Morgan fingerprint density at radius 2 is 2.12 bits per heavy atom. The molecule has 0 aromatic carbocycles. The highest BCUT2D eigenvalue weighted by molar-refractivity contribution is 5.61. The molecular formula is C12H11N5. The Morgan fingerprint density at radius 3 is 2.88 bits per heavy atom. The lowest BCUT2D eigenvalue weighted by Gasteiger charge is -2.06. The molecule has 0 saturated carbocycles. The summed E-state index contributed by atoms with van der Waals surface area (Å²) in [7, 11) is 0. The summed E-state index contributed by atoms with van der Waals surface area (Å²) in [6.45, 7) is 0.419. The van der Waals surface area contributed by atoms with E-state index in [1.165, 1.54) is 0 Å². The molecule has 0 aliphatic heterocycles. The van der Waals surface area contributed by atoms with Crippen LogP contribution in [0.4, 0.5) is 0 Å². The molecule has 2 N–H and O–H groups in total. The van der Waals surface area contributed by atoms with Crippen LogP contribution in [-0.4, -0.2) is 19.6 Å². The molecule has 3 heterocycles. The van der Waals surface area contributed by atoms with Crippen molar-refractivity contribution in [1.29, 1.82) is 0 Å². The SMILES string of the molecule is NCc1cc2nccn2nc1-c1ccccn1. The molecule has 3 aromatic heterocycles. The third-order valence-electron chi connectivity index (χ3n) is 2.59. The Morgan fingerprint density at radius 1 is 1.18 bits per heavy atom. The average Bonchev–Trinajstić information content (AvgIpc) is 2.85. The highest BCUT2D eigenvalue weighted by Crippen LogP contribution is 2.19. The van der Waals surface area contributed by atoms with Crippen LogP contribution < -0.4 is 5.73 Å². The van der Waals surface area contributed by atoms with Crippen LogP contribution in [0.5, 0.6) is 0 Å². The third-order valence-corrected chi connectivity index (χ3v) is 2.59. The normalized spacial score (nSPS) is 10.9. The van der Waals surface area contributed by atoms with E-state index in [4.69, 9.17) is 5.73 Å². The van der Waals surface area contributed by atoms with Gasteiger partial charge in [-0.2, -0.15) is 5.10 Å². The Labute approximate surface area is 97.9 Å². The van der Waals surface area contributed by atoms with Gasteiger partial charge in [-0.05, 0) is 23.8 Å². The summed E-state index contributed by atoms with van der Waals surface area (Å²) in [6, 6.07) is 7.67. The molecule has 0 aliphatic carbocycles. The highest BCUT2D eigenvalue weighted by Gasteiger charge is 2.09. The molecule has 84 valence electrons. The molecule has 3 rings (SSSR count). The minimum absolute atomic E-state index is 0.419. The highest BCUT2D eigenvalue weighted by atomic mass is 15.2. The van der Waals surface area contributed by atoms with Crippen molar-refractivity contribution in [3.05, 3.63) is 48.4 Å². The molecule has 17 heavy (non-hydrogen) atoms. The molecule has 0 aliphatic rings. The van der Waals surface area contributed by atoms with Crippen LogP contribution in [0, 0.1) is 0 Å². The van der Waals surface area contributed by atoms with Crippen LogP contribution in [-0.2, 0) is 6.54 Å². The van der Waals surface area contributed by atoms with Crippen molar-refractivity contribution >= 4 is 5.65 Å². The maximum Gasteiger partial charge on any atom is 0.153 e. The molecular weight excluding hydrogens is 214 g/mol. The van der Waals surface area contributed by atoms with Crippen molar-refractivity contribution in [3.63, 3.8) is 0 Å². The van der Waals surface area contributed by atoms with Gasteiger partial charge in [0.05, 0.1) is 5.69 Å². The van der Waals surface area contributed by atoms with Gasteiger partial charge >= 0.3 is 0 Å². The number of fused-ring (bicyclic) bond motifs is 1. The Hall–Kier alpha value is -2.27. The van der Waals surface area contributed by atoms with Crippen molar-refractivity contribution in [2.45, 2.75) is 6.54 Å². The third kappa shape index (κ3) is 1.66. The number of pyridine rings is 1. The molecule has 3 aromatic rings. The Balaban J connectivity index is 2.26. The van der Waals surface area contributed by atoms with Crippen LogP contribution in [0.1, 0.15) is 5.56 Å². The van der Waals surface area contributed by atoms with E-state index in [0.29, 0.717) is 6.54 Å². The van der Waals surface area contributed by atoms with Crippen molar-refractivity contribution in [2.24, 2.45) is 5.73 Å². The number of hydrogen-bond acceptors (Lipinski definition) is 4. The second kappa shape index (κ2) is 3.95. The molecule has 0 amide bonds. The maximum atomic E-state index is 5.74. The van der Waals surface area contributed by atoms with E-state index in [9.17, 15) is 0 Å². The number of rotatable bonds is 2.